The maximum atomic E-state index is 14.0. The molecule has 1 aliphatic rings. The second-order valence-electron chi connectivity index (χ2n) is 9.08. The first-order valence-corrected chi connectivity index (χ1v) is 13.4. The first-order chi connectivity index (χ1) is 18.0. The fourth-order valence-electron chi connectivity index (χ4n) is 4.79. The van der Waals surface area contributed by atoms with E-state index in [1.54, 1.807) is 44.4 Å². The molecule has 7 nitrogen and oxygen atoms in total. The zero-order valence-electron chi connectivity index (χ0n) is 21.6. The molecule has 0 spiro atoms. The molecule has 0 saturated heterocycles. The van der Waals surface area contributed by atoms with Crippen molar-refractivity contribution in [2.75, 3.05) is 26.2 Å². The number of ether oxygens (including phenoxy) is 3. The second-order valence-corrected chi connectivity index (χ2v) is 10.1. The van der Waals surface area contributed by atoms with Crippen molar-refractivity contribution in [2.24, 2.45) is 0 Å². The summed E-state index contributed by atoms with van der Waals surface area (Å²) in [6, 6.07) is 15.7. The summed E-state index contributed by atoms with van der Waals surface area (Å²) in [6.07, 6.45) is 5.44. The normalized spacial score (nSPS) is 14.5. The zero-order chi connectivity index (χ0) is 26.2. The molecule has 37 heavy (non-hydrogen) atoms. The number of thiophene rings is 1. The molecule has 4 rings (SSSR count). The molecule has 1 atom stereocenters. The van der Waals surface area contributed by atoms with Gasteiger partial charge in [-0.15, -0.1) is 11.3 Å². The Morgan fingerprint density at radius 3 is 2.30 bits per heavy atom. The van der Waals surface area contributed by atoms with Gasteiger partial charge in [0.15, 0.2) is 11.5 Å². The van der Waals surface area contributed by atoms with E-state index in [9.17, 15) is 9.59 Å². The molecule has 0 aliphatic heterocycles. The van der Waals surface area contributed by atoms with Crippen LogP contribution in [0.3, 0.4) is 0 Å². The minimum absolute atomic E-state index is 0.0987. The fraction of sp³-hybridized carbons (Fsp3) is 0.379. The van der Waals surface area contributed by atoms with Crippen LogP contribution >= 0.6 is 11.3 Å². The number of nitrogens with zero attached hydrogens (tertiary/aromatic N) is 1. The second kappa shape index (κ2) is 12.6. The smallest absolute Gasteiger partial charge is 0.248 e. The Hall–Kier alpha value is -3.52. The van der Waals surface area contributed by atoms with Gasteiger partial charge in [0.25, 0.3) is 0 Å². The van der Waals surface area contributed by atoms with Crippen LogP contribution in [0.4, 0.5) is 5.69 Å². The van der Waals surface area contributed by atoms with Gasteiger partial charge < -0.3 is 19.5 Å². The van der Waals surface area contributed by atoms with Crippen LogP contribution in [-0.4, -0.2) is 39.2 Å². The number of carbonyl (C=O) groups excluding carboxylic acids is 2. The summed E-state index contributed by atoms with van der Waals surface area (Å²) in [4.78, 5) is 30.4. The van der Waals surface area contributed by atoms with Crippen LogP contribution < -0.4 is 24.4 Å². The summed E-state index contributed by atoms with van der Waals surface area (Å²) in [5, 5.41) is 5.19. The van der Waals surface area contributed by atoms with Gasteiger partial charge in [-0.2, -0.15) is 0 Å². The molecule has 1 N–H and O–H groups in total. The Labute approximate surface area is 222 Å². The van der Waals surface area contributed by atoms with Crippen molar-refractivity contribution in [1.29, 1.82) is 0 Å². The van der Waals surface area contributed by atoms with Crippen molar-refractivity contribution in [3.63, 3.8) is 0 Å². The minimum atomic E-state index is -0.876. The van der Waals surface area contributed by atoms with Gasteiger partial charge in [0.05, 0.1) is 27.8 Å². The molecule has 1 unspecified atom stereocenters. The molecule has 0 radical (unpaired) electrons. The molecule has 1 aliphatic carbocycles. The number of hydrogen-bond donors (Lipinski definition) is 1. The number of rotatable bonds is 10. The Bertz CT molecular complexity index is 1170. The van der Waals surface area contributed by atoms with Gasteiger partial charge in [-0.05, 0) is 54.1 Å². The van der Waals surface area contributed by atoms with Gasteiger partial charge in [0.2, 0.25) is 11.8 Å². The third kappa shape index (κ3) is 6.43. The third-order valence-corrected chi connectivity index (χ3v) is 7.59. The summed E-state index contributed by atoms with van der Waals surface area (Å²) < 4.78 is 16.3. The maximum Gasteiger partial charge on any atom is 0.248 e. The Kier molecular flexibility index (Phi) is 9.06. The van der Waals surface area contributed by atoms with E-state index in [1.165, 1.54) is 17.8 Å². The summed E-state index contributed by atoms with van der Waals surface area (Å²) in [5.41, 5.74) is 1.25. The van der Waals surface area contributed by atoms with Crippen LogP contribution in [0, 0.1) is 0 Å². The molecule has 0 bridgehead atoms. The van der Waals surface area contributed by atoms with E-state index in [0.717, 1.165) is 30.6 Å². The van der Waals surface area contributed by atoms with Crippen LogP contribution in [0.5, 0.6) is 17.2 Å². The Morgan fingerprint density at radius 1 is 0.946 bits per heavy atom. The van der Waals surface area contributed by atoms with E-state index in [0.29, 0.717) is 28.5 Å². The summed E-state index contributed by atoms with van der Waals surface area (Å²) in [6.45, 7) is 0. The van der Waals surface area contributed by atoms with Gasteiger partial charge in [-0.1, -0.05) is 37.5 Å². The molecule has 8 heteroatoms. The molecular formula is C29H34N2O5S. The topological polar surface area (TPSA) is 77.1 Å². The van der Waals surface area contributed by atoms with Crippen LogP contribution in [-0.2, 0) is 16.0 Å². The lowest BCUT2D eigenvalue weighted by Crippen LogP contribution is -2.47. The number of anilines is 1. The van der Waals surface area contributed by atoms with E-state index < -0.39 is 6.04 Å². The quantitative estimate of drug-likeness (QED) is 0.378. The van der Waals surface area contributed by atoms with E-state index in [1.807, 2.05) is 41.8 Å². The highest BCUT2D eigenvalue weighted by Crippen LogP contribution is 2.36. The van der Waals surface area contributed by atoms with Crippen molar-refractivity contribution >= 4 is 28.8 Å². The molecule has 1 heterocycles. The molecule has 196 valence electrons. The highest BCUT2D eigenvalue weighted by Gasteiger charge is 2.34. The Balaban J connectivity index is 1.79. The fourth-order valence-corrected chi connectivity index (χ4v) is 5.49. The van der Waals surface area contributed by atoms with Crippen LogP contribution in [0.1, 0.15) is 48.6 Å². The van der Waals surface area contributed by atoms with E-state index in [4.69, 9.17) is 14.2 Å². The summed E-state index contributed by atoms with van der Waals surface area (Å²) in [7, 11) is 4.72. The first-order valence-electron chi connectivity index (χ1n) is 12.5. The number of carbonyl (C=O) groups is 2. The zero-order valence-corrected chi connectivity index (χ0v) is 22.4. The lowest BCUT2D eigenvalue weighted by molar-refractivity contribution is -0.127. The van der Waals surface area contributed by atoms with Crippen LogP contribution in [0.15, 0.2) is 60.0 Å². The lowest BCUT2D eigenvalue weighted by atomic mass is 9.94. The van der Waals surface area contributed by atoms with E-state index in [2.05, 4.69) is 5.32 Å². The first kappa shape index (κ1) is 26.5. The van der Waals surface area contributed by atoms with Crippen molar-refractivity contribution in [1.82, 2.24) is 5.32 Å². The van der Waals surface area contributed by atoms with Gasteiger partial charge in [-0.25, -0.2) is 0 Å². The largest absolute Gasteiger partial charge is 0.497 e. The van der Waals surface area contributed by atoms with Gasteiger partial charge >= 0.3 is 0 Å². The SMILES string of the molecule is COc1ccc(C(C(=O)NC2CCCCC2)N(C(=O)Cc2cccs2)c2ccc(OC)c(OC)c2)cc1. The maximum absolute atomic E-state index is 14.0. The predicted octanol–water partition coefficient (Wildman–Crippen LogP) is 5.54. The van der Waals surface area contributed by atoms with Crippen molar-refractivity contribution in [3.8, 4) is 17.2 Å². The Morgan fingerprint density at radius 2 is 1.68 bits per heavy atom. The third-order valence-electron chi connectivity index (χ3n) is 6.71. The molecule has 2 aromatic carbocycles. The minimum Gasteiger partial charge on any atom is -0.497 e. The number of nitrogens with one attached hydrogen (secondary N) is 1. The predicted molar refractivity (Wildman–Crippen MR) is 146 cm³/mol. The average molecular weight is 523 g/mol. The standard InChI is InChI=1S/C29H34N2O5S/c1-34-23-14-11-20(12-15-23)28(29(33)30-21-8-5-4-6-9-21)31(27(32)19-24-10-7-17-37-24)22-13-16-25(35-2)26(18-22)36-3/h7,10-18,21,28H,4-6,8-9,19H2,1-3H3,(H,30,33). The van der Waals surface area contributed by atoms with Crippen molar-refractivity contribution < 1.29 is 23.8 Å². The molecule has 2 amide bonds. The van der Waals surface area contributed by atoms with Crippen LogP contribution in [0.2, 0.25) is 0 Å². The van der Waals surface area contributed by atoms with Gasteiger partial charge in [0.1, 0.15) is 11.8 Å². The molecule has 1 aromatic heterocycles. The van der Waals surface area contributed by atoms with Crippen molar-refractivity contribution in [2.45, 2.75) is 50.6 Å². The highest BCUT2D eigenvalue weighted by atomic mass is 32.1. The summed E-state index contributed by atoms with van der Waals surface area (Å²) >= 11 is 1.52. The summed E-state index contributed by atoms with van der Waals surface area (Å²) in [5.74, 6) is 1.32. The van der Waals surface area contributed by atoms with Crippen LogP contribution in [0.25, 0.3) is 0 Å². The van der Waals surface area contributed by atoms with Gasteiger partial charge in [0, 0.05) is 22.7 Å². The molecule has 1 saturated carbocycles. The molecular weight excluding hydrogens is 488 g/mol. The number of amides is 2. The lowest BCUT2D eigenvalue weighted by Gasteiger charge is -2.34. The van der Waals surface area contributed by atoms with E-state index >= 15 is 0 Å². The highest BCUT2D eigenvalue weighted by molar-refractivity contribution is 7.10. The van der Waals surface area contributed by atoms with Gasteiger partial charge in [-0.3, -0.25) is 14.5 Å². The number of methoxy groups -OCH3 is 3. The van der Waals surface area contributed by atoms with Crippen molar-refractivity contribution in [3.05, 3.63) is 70.4 Å². The number of benzene rings is 2. The molecule has 1 fully saturated rings. The van der Waals surface area contributed by atoms with E-state index in [-0.39, 0.29) is 24.3 Å². The molecule has 3 aromatic rings. The average Bonchev–Trinajstić information content (AvgIpc) is 3.44. The monoisotopic (exact) mass is 522 g/mol. The number of hydrogen-bond acceptors (Lipinski definition) is 6.